The summed E-state index contributed by atoms with van der Waals surface area (Å²) < 4.78 is 59.0. The number of sulfonamides is 1. The number of hydrogen-bond donors (Lipinski definition) is 1. The van der Waals surface area contributed by atoms with Gasteiger partial charge in [0, 0.05) is 25.4 Å². The fourth-order valence-corrected chi connectivity index (χ4v) is 3.77. The number of hydrogen-bond acceptors (Lipinski definition) is 5. The van der Waals surface area contributed by atoms with Gasteiger partial charge in [-0.25, -0.2) is 22.2 Å². The van der Waals surface area contributed by atoms with Crippen molar-refractivity contribution in [3.8, 4) is 0 Å². The van der Waals surface area contributed by atoms with Crippen LogP contribution in [0.2, 0.25) is 0 Å². The van der Waals surface area contributed by atoms with E-state index in [2.05, 4.69) is 10.3 Å². The first-order valence-corrected chi connectivity index (χ1v) is 9.15. The lowest BCUT2D eigenvalue weighted by atomic mass is 10.3. The molecule has 0 radical (unpaired) electrons. The number of rotatable bonds is 5. The molecule has 1 saturated heterocycles. The highest BCUT2D eigenvalue weighted by Crippen LogP contribution is 2.16. The van der Waals surface area contributed by atoms with Crippen LogP contribution in [0.15, 0.2) is 35.7 Å². The molecule has 1 aliphatic rings. The van der Waals surface area contributed by atoms with E-state index in [9.17, 15) is 22.0 Å². The van der Waals surface area contributed by atoms with Gasteiger partial charge in [-0.15, -0.1) is 0 Å². The predicted octanol–water partition coefficient (Wildman–Crippen LogP) is 0.821. The molecule has 8 nitrogen and oxygen atoms in total. The van der Waals surface area contributed by atoms with E-state index in [0.29, 0.717) is 19.3 Å². The quantitative estimate of drug-likeness (QED) is 0.821. The molecule has 1 aliphatic heterocycles. The van der Waals surface area contributed by atoms with E-state index in [1.54, 1.807) is 0 Å². The molecule has 140 valence electrons. The summed E-state index contributed by atoms with van der Waals surface area (Å²) in [6.07, 6.45) is 2.43. The zero-order valence-electron chi connectivity index (χ0n) is 13.6. The third kappa shape index (κ3) is 4.06. The smallest absolute Gasteiger partial charge is 0.262 e. The van der Waals surface area contributed by atoms with E-state index >= 15 is 0 Å². The fourth-order valence-electron chi connectivity index (χ4n) is 2.42. The van der Waals surface area contributed by atoms with Gasteiger partial charge in [0.15, 0.2) is 5.03 Å². The van der Waals surface area contributed by atoms with Crippen LogP contribution >= 0.6 is 0 Å². The molecule has 11 heteroatoms. The Labute approximate surface area is 148 Å². The van der Waals surface area contributed by atoms with Crippen molar-refractivity contribution in [2.75, 3.05) is 31.6 Å². The lowest BCUT2D eigenvalue weighted by Gasteiger charge is -2.24. The topological polar surface area (TPSA) is 93.5 Å². The number of nitrogens with zero attached hydrogens (tertiary/aromatic N) is 3. The highest BCUT2D eigenvalue weighted by atomic mass is 32.2. The molecule has 1 fully saturated rings. The number of morpholine rings is 1. The molecule has 0 bridgehead atoms. The van der Waals surface area contributed by atoms with Gasteiger partial charge >= 0.3 is 0 Å². The van der Waals surface area contributed by atoms with E-state index in [1.807, 2.05) is 0 Å². The van der Waals surface area contributed by atoms with Crippen molar-refractivity contribution in [2.24, 2.45) is 0 Å². The Morgan fingerprint density at radius 3 is 2.69 bits per heavy atom. The molecule has 1 N–H and O–H groups in total. The van der Waals surface area contributed by atoms with Crippen molar-refractivity contribution >= 4 is 21.6 Å². The molecule has 0 spiro atoms. The number of benzene rings is 1. The predicted molar refractivity (Wildman–Crippen MR) is 86.8 cm³/mol. The SMILES string of the molecule is O=C(Cn1cnc(S(=O)(=O)N2CCOCC2)c1)Nc1ccc(F)cc1F. The minimum Gasteiger partial charge on any atom is -0.379 e. The monoisotopic (exact) mass is 386 g/mol. The van der Waals surface area contributed by atoms with Crippen molar-refractivity contribution < 1.29 is 26.7 Å². The van der Waals surface area contributed by atoms with Crippen LogP contribution in [0, 0.1) is 11.6 Å². The van der Waals surface area contributed by atoms with E-state index in [-0.39, 0.29) is 30.3 Å². The number of carbonyl (C=O) groups excluding carboxylic acids is 1. The minimum atomic E-state index is -3.76. The molecule has 0 aliphatic carbocycles. The molecule has 3 rings (SSSR count). The van der Waals surface area contributed by atoms with Crippen LogP contribution in [-0.2, 0) is 26.1 Å². The third-order valence-corrected chi connectivity index (χ3v) is 5.50. The number of amides is 1. The van der Waals surface area contributed by atoms with E-state index < -0.39 is 27.6 Å². The normalized spacial score (nSPS) is 15.8. The van der Waals surface area contributed by atoms with Crippen LogP contribution in [0.3, 0.4) is 0 Å². The zero-order chi connectivity index (χ0) is 18.7. The number of ether oxygens (including phenoxy) is 1. The molecule has 0 unspecified atom stereocenters. The average molecular weight is 386 g/mol. The Morgan fingerprint density at radius 2 is 2.00 bits per heavy atom. The summed E-state index contributed by atoms with van der Waals surface area (Å²) in [5, 5.41) is 2.11. The molecular formula is C15H16F2N4O4S. The van der Waals surface area contributed by atoms with Crippen LogP contribution in [0.1, 0.15) is 0 Å². The van der Waals surface area contributed by atoms with E-state index in [0.717, 1.165) is 12.1 Å². The van der Waals surface area contributed by atoms with Crippen LogP contribution in [0.4, 0.5) is 14.5 Å². The molecule has 1 aromatic heterocycles. The van der Waals surface area contributed by atoms with Crippen LogP contribution in [0.5, 0.6) is 0 Å². The van der Waals surface area contributed by atoms with E-state index in [1.165, 1.54) is 21.4 Å². The lowest BCUT2D eigenvalue weighted by molar-refractivity contribution is -0.116. The number of halogens is 2. The van der Waals surface area contributed by atoms with Crippen LogP contribution in [0.25, 0.3) is 0 Å². The summed E-state index contributed by atoms with van der Waals surface area (Å²) in [5.41, 5.74) is -0.169. The van der Waals surface area contributed by atoms with Gasteiger partial charge in [-0.1, -0.05) is 0 Å². The third-order valence-electron chi connectivity index (χ3n) is 3.72. The van der Waals surface area contributed by atoms with Gasteiger partial charge in [-0.3, -0.25) is 4.79 Å². The van der Waals surface area contributed by atoms with Gasteiger partial charge in [0.2, 0.25) is 5.91 Å². The molecule has 2 aromatic rings. The summed E-state index contributed by atoms with van der Waals surface area (Å²) in [4.78, 5) is 15.8. The number of carbonyl (C=O) groups is 1. The molecule has 0 atom stereocenters. The summed E-state index contributed by atoms with van der Waals surface area (Å²) in [6.45, 7) is 0.818. The highest BCUT2D eigenvalue weighted by Gasteiger charge is 2.28. The maximum atomic E-state index is 13.5. The second kappa shape index (κ2) is 7.48. The second-order valence-electron chi connectivity index (χ2n) is 5.57. The van der Waals surface area contributed by atoms with Gasteiger partial charge in [0.05, 0.1) is 25.2 Å². The number of anilines is 1. The maximum absolute atomic E-state index is 13.5. The summed E-state index contributed by atoms with van der Waals surface area (Å²) in [5.74, 6) is -2.27. The number of aromatic nitrogens is 2. The lowest BCUT2D eigenvalue weighted by Crippen LogP contribution is -2.40. The van der Waals surface area contributed by atoms with Crippen molar-refractivity contribution in [1.82, 2.24) is 13.9 Å². The van der Waals surface area contributed by atoms with Crippen LogP contribution < -0.4 is 5.32 Å². The highest BCUT2D eigenvalue weighted by molar-refractivity contribution is 7.89. The Bertz CT molecular complexity index is 910. The Kier molecular flexibility index (Phi) is 5.30. The molecule has 26 heavy (non-hydrogen) atoms. The Balaban J connectivity index is 1.67. The van der Waals surface area contributed by atoms with Crippen molar-refractivity contribution in [2.45, 2.75) is 11.6 Å². The van der Waals surface area contributed by atoms with Gasteiger partial charge in [0.1, 0.15) is 18.2 Å². The second-order valence-corrected chi connectivity index (χ2v) is 7.46. The van der Waals surface area contributed by atoms with Crippen molar-refractivity contribution in [3.05, 3.63) is 42.4 Å². The van der Waals surface area contributed by atoms with E-state index in [4.69, 9.17) is 4.74 Å². The molecule has 0 saturated carbocycles. The van der Waals surface area contributed by atoms with Crippen LogP contribution in [-0.4, -0.2) is 54.5 Å². The Hall–Kier alpha value is -2.37. The molecule has 2 heterocycles. The average Bonchev–Trinajstić information content (AvgIpc) is 3.07. The first-order valence-electron chi connectivity index (χ1n) is 7.71. The summed E-state index contributed by atoms with van der Waals surface area (Å²) in [7, 11) is -3.76. The van der Waals surface area contributed by atoms with Gasteiger partial charge in [-0.2, -0.15) is 4.31 Å². The molecular weight excluding hydrogens is 370 g/mol. The standard InChI is InChI=1S/C15H16F2N4O4S/c16-11-1-2-13(12(17)7-11)19-14(22)8-20-9-15(18-10-20)26(23,24)21-3-5-25-6-4-21/h1-2,7,9-10H,3-6,8H2,(H,19,22). The molecule has 1 amide bonds. The Morgan fingerprint density at radius 1 is 1.27 bits per heavy atom. The maximum Gasteiger partial charge on any atom is 0.262 e. The minimum absolute atomic E-state index is 0.169. The van der Waals surface area contributed by atoms with Gasteiger partial charge in [-0.05, 0) is 12.1 Å². The number of nitrogens with one attached hydrogen (secondary N) is 1. The van der Waals surface area contributed by atoms with Crippen molar-refractivity contribution in [3.63, 3.8) is 0 Å². The number of imidazole rings is 1. The zero-order valence-corrected chi connectivity index (χ0v) is 14.4. The first-order chi connectivity index (χ1) is 12.4. The molecule has 1 aromatic carbocycles. The first kappa shape index (κ1) is 18.4. The largest absolute Gasteiger partial charge is 0.379 e. The van der Waals surface area contributed by atoms with Gasteiger partial charge < -0.3 is 14.6 Å². The summed E-state index contributed by atoms with van der Waals surface area (Å²) >= 11 is 0. The summed E-state index contributed by atoms with van der Waals surface area (Å²) in [6, 6.07) is 2.77. The van der Waals surface area contributed by atoms with Gasteiger partial charge in [0.25, 0.3) is 10.0 Å². The fraction of sp³-hybridized carbons (Fsp3) is 0.333. The van der Waals surface area contributed by atoms with Crippen molar-refractivity contribution in [1.29, 1.82) is 0 Å².